The van der Waals surface area contributed by atoms with E-state index in [4.69, 9.17) is 27.9 Å². The fourth-order valence-electron chi connectivity index (χ4n) is 2.84. The SMILES string of the molecule is CC[C@@H](C)Oc1c(Cl)cc(/C=C2/C(=O)N(c3c(F)c(F)c(F)c(F)c3F)N=C2C)cc1Cl. The van der Waals surface area contributed by atoms with E-state index in [9.17, 15) is 26.7 Å². The van der Waals surface area contributed by atoms with Gasteiger partial charge in [0.25, 0.3) is 5.91 Å². The third-order valence-electron chi connectivity index (χ3n) is 4.69. The van der Waals surface area contributed by atoms with Crippen LogP contribution in [0.15, 0.2) is 22.8 Å². The number of carbonyl (C=O) groups is 1. The maximum Gasteiger partial charge on any atom is 0.280 e. The van der Waals surface area contributed by atoms with Crippen LogP contribution in [-0.4, -0.2) is 17.7 Å². The van der Waals surface area contributed by atoms with Gasteiger partial charge in [-0.05, 0) is 44.0 Å². The molecule has 0 unspecified atom stereocenters. The van der Waals surface area contributed by atoms with E-state index in [2.05, 4.69) is 5.10 Å². The highest BCUT2D eigenvalue weighted by molar-refractivity contribution is 6.37. The molecule has 0 aromatic heterocycles. The summed E-state index contributed by atoms with van der Waals surface area (Å²) in [5.41, 5.74) is -1.32. The van der Waals surface area contributed by atoms with Crippen molar-refractivity contribution in [2.75, 3.05) is 5.01 Å². The van der Waals surface area contributed by atoms with Gasteiger partial charge >= 0.3 is 0 Å². The van der Waals surface area contributed by atoms with Crippen molar-refractivity contribution in [1.82, 2.24) is 0 Å². The van der Waals surface area contributed by atoms with Crippen molar-refractivity contribution < 1.29 is 31.5 Å². The van der Waals surface area contributed by atoms with Gasteiger partial charge in [0, 0.05) is 0 Å². The number of carbonyl (C=O) groups excluding carboxylic acids is 1. The van der Waals surface area contributed by atoms with Gasteiger partial charge in [0.2, 0.25) is 5.82 Å². The lowest BCUT2D eigenvalue weighted by molar-refractivity contribution is -0.114. The molecule has 1 atom stereocenters. The molecule has 170 valence electrons. The van der Waals surface area contributed by atoms with Crippen molar-refractivity contribution in [3.05, 3.63) is 62.4 Å². The van der Waals surface area contributed by atoms with Crippen LogP contribution < -0.4 is 9.75 Å². The first kappa shape index (κ1) is 24.0. The fourth-order valence-corrected chi connectivity index (χ4v) is 3.43. The standard InChI is InChI=1S/C21H15Cl2F5N2O2/c1-4-8(2)32-20-12(22)6-10(7-13(20)23)5-11-9(3)29-30(21(11)31)19-17(27)15(25)14(24)16(26)18(19)28/h5-8H,4H2,1-3H3/b11-5+/t8-/m1/s1. The Bertz CT molecular complexity index is 1130. The van der Waals surface area contributed by atoms with Crippen molar-refractivity contribution in [2.24, 2.45) is 5.10 Å². The Balaban J connectivity index is 2.02. The minimum absolute atomic E-state index is 0.0221. The van der Waals surface area contributed by atoms with Gasteiger partial charge in [-0.15, -0.1) is 0 Å². The van der Waals surface area contributed by atoms with Gasteiger partial charge in [0.15, 0.2) is 29.0 Å². The largest absolute Gasteiger partial charge is 0.488 e. The molecule has 0 aliphatic carbocycles. The van der Waals surface area contributed by atoms with Crippen LogP contribution >= 0.6 is 23.2 Å². The minimum Gasteiger partial charge on any atom is -0.488 e. The molecule has 1 heterocycles. The second kappa shape index (κ2) is 9.07. The van der Waals surface area contributed by atoms with Crippen LogP contribution in [0.25, 0.3) is 6.08 Å². The summed E-state index contributed by atoms with van der Waals surface area (Å²) in [6, 6.07) is 2.89. The van der Waals surface area contributed by atoms with Crippen LogP contribution in [0, 0.1) is 29.1 Å². The van der Waals surface area contributed by atoms with E-state index in [-0.39, 0.29) is 38.2 Å². The Labute approximate surface area is 189 Å². The van der Waals surface area contributed by atoms with Gasteiger partial charge < -0.3 is 4.74 Å². The summed E-state index contributed by atoms with van der Waals surface area (Å²) < 4.78 is 74.4. The number of amides is 1. The molecule has 1 aliphatic heterocycles. The zero-order valence-corrected chi connectivity index (χ0v) is 18.4. The Hall–Kier alpha value is -2.65. The quantitative estimate of drug-likeness (QED) is 0.202. The molecular weight excluding hydrogens is 478 g/mol. The molecule has 0 radical (unpaired) electrons. The predicted octanol–water partition coefficient (Wildman–Crippen LogP) is 6.67. The molecule has 11 heteroatoms. The summed E-state index contributed by atoms with van der Waals surface area (Å²) in [7, 11) is 0. The number of rotatable bonds is 5. The summed E-state index contributed by atoms with van der Waals surface area (Å²) in [5.74, 6) is -11.9. The van der Waals surface area contributed by atoms with Crippen LogP contribution in [0.4, 0.5) is 27.6 Å². The highest BCUT2D eigenvalue weighted by Crippen LogP contribution is 2.37. The van der Waals surface area contributed by atoms with Crippen molar-refractivity contribution in [2.45, 2.75) is 33.3 Å². The van der Waals surface area contributed by atoms with E-state index < -0.39 is 40.7 Å². The molecule has 32 heavy (non-hydrogen) atoms. The summed E-state index contributed by atoms with van der Waals surface area (Å²) in [6.07, 6.45) is 1.82. The lowest BCUT2D eigenvalue weighted by Gasteiger charge is -2.16. The number of ether oxygens (including phenoxy) is 1. The number of nitrogens with zero attached hydrogens (tertiary/aromatic N) is 2. The lowest BCUT2D eigenvalue weighted by atomic mass is 10.1. The Morgan fingerprint density at radius 3 is 2.03 bits per heavy atom. The van der Waals surface area contributed by atoms with Gasteiger partial charge in [-0.2, -0.15) is 10.1 Å². The molecule has 0 N–H and O–H groups in total. The molecular formula is C21H15Cl2F5N2O2. The first-order valence-corrected chi connectivity index (χ1v) is 10.0. The third kappa shape index (κ3) is 4.19. The van der Waals surface area contributed by atoms with Crippen molar-refractivity contribution in [3.8, 4) is 5.75 Å². The number of hydrogen-bond donors (Lipinski definition) is 0. The first-order chi connectivity index (χ1) is 15.0. The average Bonchev–Trinajstić information content (AvgIpc) is 3.01. The fraction of sp³-hybridized carbons (Fsp3) is 0.238. The third-order valence-corrected chi connectivity index (χ3v) is 5.25. The highest BCUT2D eigenvalue weighted by Gasteiger charge is 2.37. The van der Waals surface area contributed by atoms with E-state index in [1.54, 1.807) is 0 Å². The molecule has 0 saturated carbocycles. The molecule has 0 bridgehead atoms. The van der Waals surface area contributed by atoms with Gasteiger partial charge in [-0.1, -0.05) is 30.1 Å². The predicted molar refractivity (Wildman–Crippen MR) is 112 cm³/mol. The molecule has 4 nitrogen and oxygen atoms in total. The molecule has 2 aromatic rings. The summed E-state index contributed by atoms with van der Waals surface area (Å²) in [5, 5.41) is 4.10. The highest BCUT2D eigenvalue weighted by atomic mass is 35.5. The van der Waals surface area contributed by atoms with Crippen LogP contribution in [-0.2, 0) is 4.79 Å². The zero-order chi connectivity index (χ0) is 23.9. The van der Waals surface area contributed by atoms with Gasteiger partial charge in [0.1, 0.15) is 5.69 Å². The Kier molecular flexibility index (Phi) is 6.80. The Morgan fingerprint density at radius 2 is 1.53 bits per heavy atom. The van der Waals surface area contributed by atoms with Crippen LogP contribution in [0.3, 0.4) is 0 Å². The van der Waals surface area contributed by atoms with Crippen molar-refractivity contribution in [3.63, 3.8) is 0 Å². The second-order valence-corrected chi connectivity index (χ2v) is 7.74. The molecule has 1 amide bonds. The summed E-state index contributed by atoms with van der Waals surface area (Å²) >= 11 is 12.5. The zero-order valence-electron chi connectivity index (χ0n) is 16.9. The Morgan fingerprint density at radius 1 is 1.03 bits per heavy atom. The topological polar surface area (TPSA) is 41.9 Å². The van der Waals surface area contributed by atoms with Crippen LogP contribution in [0.5, 0.6) is 5.75 Å². The number of benzene rings is 2. The van der Waals surface area contributed by atoms with E-state index in [1.807, 2.05) is 13.8 Å². The van der Waals surface area contributed by atoms with E-state index in [1.165, 1.54) is 25.1 Å². The summed E-state index contributed by atoms with van der Waals surface area (Å²) in [6.45, 7) is 5.07. The minimum atomic E-state index is -2.34. The lowest BCUT2D eigenvalue weighted by Crippen LogP contribution is -2.25. The number of halogens is 7. The molecule has 0 fully saturated rings. The molecule has 0 spiro atoms. The van der Waals surface area contributed by atoms with E-state index in [0.29, 0.717) is 12.0 Å². The molecule has 2 aromatic carbocycles. The van der Waals surface area contributed by atoms with Crippen LogP contribution in [0.1, 0.15) is 32.8 Å². The first-order valence-electron chi connectivity index (χ1n) is 9.26. The smallest absolute Gasteiger partial charge is 0.280 e. The molecule has 3 rings (SSSR count). The van der Waals surface area contributed by atoms with E-state index >= 15 is 0 Å². The van der Waals surface area contributed by atoms with Gasteiger partial charge in [-0.3, -0.25) is 4.79 Å². The molecule has 1 aliphatic rings. The van der Waals surface area contributed by atoms with Gasteiger partial charge in [0.05, 0.1) is 27.4 Å². The average molecular weight is 493 g/mol. The summed E-state index contributed by atoms with van der Waals surface area (Å²) in [4.78, 5) is 12.7. The van der Waals surface area contributed by atoms with Gasteiger partial charge in [-0.25, -0.2) is 22.0 Å². The normalized spacial score (nSPS) is 16.1. The monoisotopic (exact) mass is 492 g/mol. The molecule has 0 saturated heterocycles. The maximum absolute atomic E-state index is 14.1. The van der Waals surface area contributed by atoms with Crippen LogP contribution in [0.2, 0.25) is 10.0 Å². The van der Waals surface area contributed by atoms with Crippen molar-refractivity contribution >= 4 is 46.6 Å². The number of anilines is 1. The van der Waals surface area contributed by atoms with Crippen molar-refractivity contribution in [1.29, 1.82) is 0 Å². The number of hydrazone groups is 1. The number of hydrogen-bond acceptors (Lipinski definition) is 3. The maximum atomic E-state index is 14.1. The second-order valence-electron chi connectivity index (χ2n) is 6.93. The van der Waals surface area contributed by atoms with E-state index in [0.717, 1.165) is 0 Å².